The van der Waals surface area contributed by atoms with Crippen LogP contribution >= 0.6 is 11.6 Å². The zero-order chi connectivity index (χ0) is 13.7. The third-order valence-electron chi connectivity index (χ3n) is 2.48. The molecule has 0 bridgehead atoms. The lowest BCUT2D eigenvalue weighted by atomic mass is 10.0. The van der Waals surface area contributed by atoms with Crippen LogP contribution in [0.25, 0.3) is 11.1 Å². The Morgan fingerprint density at radius 2 is 1.74 bits per heavy atom. The van der Waals surface area contributed by atoms with Crippen molar-refractivity contribution in [2.75, 3.05) is 0 Å². The first-order valence-corrected chi connectivity index (χ1v) is 6.01. The molecule has 0 radical (unpaired) electrons. The van der Waals surface area contributed by atoms with E-state index in [1.165, 1.54) is 6.21 Å². The van der Waals surface area contributed by atoms with E-state index < -0.39 is 0 Å². The van der Waals surface area contributed by atoms with Crippen molar-refractivity contribution in [2.45, 2.75) is 0 Å². The summed E-state index contributed by atoms with van der Waals surface area (Å²) in [6.07, 6.45) is 1.51. The number of nitrogens with zero attached hydrogens (tertiary/aromatic N) is 2. The minimum absolute atomic E-state index is 0.0896. The number of nitrogens with two attached hydrogens (primary N) is 2. The quantitative estimate of drug-likeness (QED) is 0.512. The first-order valence-electron chi connectivity index (χ1n) is 5.64. The molecule has 0 fully saturated rings. The van der Waals surface area contributed by atoms with Crippen molar-refractivity contribution in [1.29, 1.82) is 0 Å². The van der Waals surface area contributed by atoms with Gasteiger partial charge in [-0.25, -0.2) is 0 Å². The second kappa shape index (κ2) is 6.02. The summed E-state index contributed by atoms with van der Waals surface area (Å²) in [6, 6.07) is 15.7. The van der Waals surface area contributed by atoms with Crippen LogP contribution in [-0.2, 0) is 0 Å². The normalized spacial score (nSPS) is 10.6. The van der Waals surface area contributed by atoms with Gasteiger partial charge in [0.25, 0.3) is 0 Å². The van der Waals surface area contributed by atoms with Gasteiger partial charge in [0, 0.05) is 5.56 Å². The lowest BCUT2D eigenvalue weighted by molar-refractivity contribution is 1.21. The second-order valence-corrected chi connectivity index (χ2v) is 4.28. The summed E-state index contributed by atoms with van der Waals surface area (Å²) < 4.78 is 0. The lowest BCUT2D eigenvalue weighted by Crippen LogP contribution is -2.21. The van der Waals surface area contributed by atoms with Gasteiger partial charge >= 0.3 is 0 Å². The molecule has 19 heavy (non-hydrogen) atoms. The molecule has 96 valence electrons. The number of rotatable bonds is 3. The molecule has 0 aliphatic rings. The van der Waals surface area contributed by atoms with Crippen molar-refractivity contribution in [3.05, 3.63) is 59.1 Å². The first-order chi connectivity index (χ1) is 9.16. The summed E-state index contributed by atoms with van der Waals surface area (Å²) >= 11 is 6.19. The van der Waals surface area contributed by atoms with Gasteiger partial charge in [-0.3, -0.25) is 0 Å². The van der Waals surface area contributed by atoms with E-state index in [-0.39, 0.29) is 5.96 Å². The van der Waals surface area contributed by atoms with Gasteiger partial charge in [-0.1, -0.05) is 54.1 Å². The molecule has 2 rings (SSSR count). The van der Waals surface area contributed by atoms with Gasteiger partial charge in [0.1, 0.15) is 0 Å². The van der Waals surface area contributed by atoms with Gasteiger partial charge in [-0.2, -0.15) is 5.10 Å². The number of hydrogen-bond donors (Lipinski definition) is 2. The molecule has 0 heterocycles. The van der Waals surface area contributed by atoms with Crippen LogP contribution in [0.2, 0.25) is 5.02 Å². The number of benzene rings is 2. The van der Waals surface area contributed by atoms with Crippen LogP contribution in [-0.4, -0.2) is 12.2 Å². The Balaban J connectivity index is 2.28. The van der Waals surface area contributed by atoms with Crippen LogP contribution in [0.1, 0.15) is 5.56 Å². The van der Waals surface area contributed by atoms with Crippen molar-refractivity contribution < 1.29 is 0 Å². The zero-order valence-corrected chi connectivity index (χ0v) is 10.9. The van der Waals surface area contributed by atoms with Crippen LogP contribution in [0.3, 0.4) is 0 Å². The number of guanidine groups is 1. The molecule has 0 aliphatic heterocycles. The Bertz CT molecular complexity index is 617. The van der Waals surface area contributed by atoms with E-state index in [0.717, 1.165) is 16.7 Å². The maximum absolute atomic E-state index is 6.19. The summed E-state index contributed by atoms with van der Waals surface area (Å²) in [4.78, 5) is 0. The summed E-state index contributed by atoms with van der Waals surface area (Å²) in [5.74, 6) is -0.0896. The number of halogens is 1. The lowest BCUT2D eigenvalue weighted by Gasteiger charge is -2.03. The molecule has 0 amide bonds. The molecule has 0 saturated heterocycles. The fourth-order valence-electron chi connectivity index (χ4n) is 1.60. The molecule has 0 spiro atoms. The molecule has 5 heteroatoms. The molecule has 0 aliphatic carbocycles. The zero-order valence-electron chi connectivity index (χ0n) is 10.1. The van der Waals surface area contributed by atoms with E-state index in [9.17, 15) is 0 Å². The van der Waals surface area contributed by atoms with Crippen molar-refractivity contribution in [3.63, 3.8) is 0 Å². The fourth-order valence-corrected chi connectivity index (χ4v) is 1.83. The average molecular weight is 273 g/mol. The van der Waals surface area contributed by atoms with E-state index in [0.29, 0.717) is 5.02 Å². The molecule has 2 aromatic rings. The van der Waals surface area contributed by atoms with Crippen molar-refractivity contribution in [2.24, 2.45) is 21.7 Å². The molecular weight excluding hydrogens is 260 g/mol. The molecular formula is C14H13ClN4. The predicted octanol–water partition coefficient (Wildman–Crippen LogP) is 2.61. The number of hydrogen-bond acceptors (Lipinski definition) is 2. The van der Waals surface area contributed by atoms with E-state index in [2.05, 4.69) is 10.2 Å². The van der Waals surface area contributed by atoms with E-state index >= 15 is 0 Å². The first kappa shape index (κ1) is 13.1. The SMILES string of the molecule is NC(N)=NN=Cc1ccc(-c2ccccc2)cc1Cl. The highest BCUT2D eigenvalue weighted by atomic mass is 35.5. The minimum Gasteiger partial charge on any atom is -0.369 e. The van der Waals surface area contributed by atoms with Gasteiger partial charge in [0.2, 0.25) is 5.96 Å². The maximum Gasteiger partial charge on any atom is 0.211 e. The van der Waals surface area contributed by atoms with Gasteiger partial charge in [0.05, 0.1) is 11.2 Å². The van der Waals surface area contributed by atoms with Crippen molar-refractivity contribution in [3.8, 4) is 11.1 Å². The Labute approximate surface area is 116 Å². The van der Waals surface area contributed by atoms with Crippen LogP contribution in [0.5, 0.6) is 0 Å². The van der Waals surface area contributed by atoms with Gasteiger partial charge in [0.15, 0.2) is 0 Å². The third kappa shape index (κ3) is 3.56. The summed E-state index contributed by atoms with van der Waals surface area (Å²) in [6.45, 7) is 0. The Morgan fingerprint density at radius 1 is 1.00 bits per heavy atom. The standard InChI is InChI=1S/C14H13ClN4/c15-13-8-11(10-4-2-1-3-5-10)6-7-12(13)9-18-19-14(16)17/h1-9H,(H4,16,17,19). The molecule has 0 saturated carbocycles. The van der Waals surface area contributed by atoms with Crippen LogP contribution in [0.15, 0.2) is 58.7 Å². The van der Waals surface area contributed by atoms with Crippen molar-refractivity contribution in [1.82, 2.24) is 0 Å². The molecule has 4 N–H and O–H groups in total. The Kier molecular flexibility index (Phi) is 4.15. The highest BCUT2D eigenvalue weighted by Crippen LogP contribution is 2.24. The molecule has 4 nitrogen and oxygen atoms in total. The monoisotopic (exact) mass is 272 g/mol. The molecule has 0 aromatic heterocycles. The summed E-state index contributed by atoms with van der Waals surface area (Å²) in [5, 5.41) is 7.85. The van der Waals surface area contributed by atoms with Crippen LogP contribution < -0.4 is 11.5 Å². The topological polar surface area (TPSA) is 76.8 Å². The highest BCUT2D eigenvalue weighted by Gasteiger charge is 2.01. The molecule has 0 unspecified atom stereocenters. The average Bonchev–Trinajstić information content (AvgIpc) is 2.41. The fraction of sp³-hybridized carbons (Fsp3) is 0. The van der Waals surface area contributed by atoms with Gasteiger partial charge < -0.3 is 11.5 Å². The smallest absolute Gasteiger partial charge is 0.211 e. The van der Waals surface area contributed by atoms with E-state index in [1.54, 1.807) is 0 Å². The minimum atomic E-state index is -0.0896. The molecule has 0 atom stereocenters. The largest absolute Gasteiger partial charge is 0.369 e. The summed E-state index contributed by atoms with van der Waals surface area (Å²) in [7, 11) is 0. The predicted molar refractivity (Wildman–Crippen MR) is 80.3 cm³/mol. The van der Waals surface area contributed by atoms with Crippen LogP contribution in [0, 0.1) is 0 Å². The Morgan fingerprint density at radius 3 is 2.37 bits per heavy atom. The Hall–Kier alpha value is -2.33. The summed E-state index contributed by atoms with van der Waals surface area (Å²) in [5.41, 5.74) is 13.3. The van der Waals surface area contributed by atoms with Crippen LogP contribution in [0.4, 0.5) is 0 Å². The maximum atomic E-state index is 6.19. The third-order valence-corrected chi connectivity index (χ3v) is 2.80. The highest BCUT2D eigenvalue weighted by molar-refractivity contribution is 6.33. The second-order valence-electron chi connectivity index (χ2n) is 3.87. The van der Waals surface area contributed by atoms with Gasteiger partial charge in [-0.05, 0) is 17.2 Å². The molecule has 2 aromatic carbocycles. The van der Waals surface area contributed by atoms with Gasteiger partial charge in [-0.15, -0.1) is 5.10 Å². The van der Waals surface area contributed by atoms with E-state index in [1.807, 2.05) is 48.5 Å². The van der Waals surface area contributed by atoms with E-state index in [4.69, 9.17) is 23.1 Å². The van der Waals surface area contributed by atoms with Crippen molar-refractivity contribution >= 4 is 23.8 Å².